The molecule has 33 heavy (non-hydrogen) atoms. The number of nitrogens with two attached hydrogens (primary N) is 1. The van der Waals surface area contributed by atoms with Crippen molar-refractivity contribution in [2.45, 2.75) is 32.3 Å². The highest BCUT2D eigenvalue weighted by molar-refractivity contribution is 5.98. The number of esters is 1. The molecule has 0 aliphatic carbocycles. The Morgan fingerprint density at radius 3 is 2.70 bits per heavy atom. The summed E-state index contributed by atoms with van der Waals surface area (Å²) in [5.74, 6) is 1.17. The van der Waals surface area contributed by atoms with E-state index in [2.05, 4.69) is 5.32 Å². The van der Waals surface area contributed by atoms with Crippen LogP contribution in [0.1, 0.15) is 40.6 Å². The summed E-state index contributed by atoms with van der Waals surface area (Å²) >= 11 is 0. The van der Waals surface area contributed by atoms with E-state index < -0.39 is 0 Å². The lowest BCUT2D eigenvalue weighted by Gasteiger charge is -2.15. The number of fused-ring (bicyclic) bond motifs is 1. The van der Waals surface area contributed by atoms with E-state index in [4.69, 9.17) is 25.0 Å². The van der Waals surface area contributed by atoms with Crippen LogP contribution in [0, 0.1) is 5.41 Å². The molecule has 0 amide bonds. The van der Waals surface area contributed by atoms with Crippen LogP contribution < -0.4 is 15.8 Å². The number of halogens is 2. The highest BCUT2D eigenvalue weighted by Crippen LogP contribution is 2.25. The van der Waals surface area contributed by atoms with Crippen LogP contribution in [-0.2, 0) is 17.6 Å². The first-order valence-corrected chi connectivity index (χ1v) is 10.6. The monoisotopic (exact) mass is 493 g/mol. The molecule has 0 bridgehead atoms. The van der Waals surface area contributed by atoms with E-state index in [1.807, 2.05) is 30.3 Å². The van der Waals surface area contributed by atoms with Gasteiger partial charge in [-0.1, -0.05) is 6.07 Å². The van der Waals surface area contributed by atoms with Gasteiger partial charge in [-0.25, -0.2) is 4.79 Å². The molecule has 0 radical (unpaired) electrons. The Morgan fingerprint density at radius 2 is 2.00 bits per heavy atom. The quantitative estimate of drug-likeness (QED) is 0.245. The summed E-state index contributed by atoms with van der Waals surface area (Å²) in [6, 6.07) is 13.0. The van der Waals surface area contributed by atoms with Gasteiger partial charge in [-0.15, -0.1) is 24.8 Å². The third-order valence-corrected chi connectivity index (χ3v) is 5.41. The van der Waals surface area contributed by atoms with Gasteiger partial charge in [-0.05, 0) is 68.3 Å². The summed E-state index contributed by atoms with van der Waals surface area (Å²) in [6.07, 6.45) is 2.33. The van der Waals surface area contributed by atoms with Crippen LogP contribution in [0.15, 0.2) is 46.9 Å². The summed E-state index contributed by atoms with van der Waals surface area (Å²) in [4.78, 5) is 12.6. The Kier molecular flexibility index (Phi) is 9.58. The molecule has 1 aromatic heterocycles. The lowest BCUT2D eigenvalue weighted by atomic mass is 10.0. The standard InChI is InChI=1S/C24H27N3O4.2ClH/c1-2-29-24(28)21-13-19(30-20-9-10-27-14-20)7-4-15(21)3-6-18-12-17-11-16(23(25)26)5-8-22(17)31-18;;/h4-5,7-8,11-13,20,27H,2-3,6,9-10,14H2,1H3,(H3,25,26);2*1H/t20-;;/m0../s1. The molecule has 0 saturated carbocycles. The van der Waals surface area contributed by atoms with Crippen molar-refractivity contribution >= 4 is 47.6 Å². The summed E-state index contributed by atoms with van der Waals surface area (Å²) < 4.78 is 17.2. The molecule has 4 N–H and O–H groups in total. The number of benzene rings is 2. The highest BCUT2D eigenvalue weighted by Gasteiger charge is 2.19. The number of hydrogen-bond acceptors (Lipinski definition) is 6. The molecular weight excluding hydrogens is 465 g/mol. The van der Waals surface area contributed by atoms with Crippen molar-refractivity contribution in [2.24, 2.45) is 5.73 Å². The zero-order valence-electron chi connectivity index (χ0n) is 18.4. The van der Waals surface area contributed by atoms with Gasteiger partial charge in [0.25, 0.3) is 0 Å². The van der Waals surface area contributed by atoms with Gasteiger partial charge in [0.1, 0.15) is 29.0 Å². The Balaban J connectivity index is 0.00000193. The zero-order valence-corrected chi connectivity index (χ0v) is 20.0. The SMILES string of the molecule is CCOC(=O)c1cc(O[C@H]2CCNC2)ccc1CCc1cc2cc(C(=N)N)ccc2o1.Cl.Cl. The predicted molar refractivity (Wildman–Crippen MR) is 133 cm³/mol. The fourth-order valence-electron chi connectivity index (χ4n) is 3.81. The Morgan fingerprint density at radius 1 is 1.18 bits per heavy atom. The van der Waals surface area contributed by atoms with Gasteiger partial charge in [0.15, 0.2) is 0 Å². The molecule has 1 atom stereocenters. The third-order valence-electron chi connectivity index (χ3n) is 5.41. The first-order chi connectivity index (χ1) is 15.0. The molecule has 1 aliphatic heterocycles. The normalized spacial score (nSPS) is 14.9. The fraction of sp³-hybridized carbons (Fsp3) is 0.333. The highest BCUT2D eigenvalue weighted by atomic mass is 35.5. The number of amidine groups is 1. The van der Waals surface area contributed by atoms with Crippen LogP contribution in [0.25, 0.3) is 11.0 Å². The second kappa shape index (κ2) is 11.9. The van der Waals surface area contributed by atoms with Crippen molar-refractivity contribution in [3.63, 3.8) is 0 Å². The molecule has 2 heterocycles. The molecule has 9 heteroatoms. The molecule has 0 spiro atoms. The van der Waals surface area contributed by atoms with Gasteiger partial charge in [-0.3, -0.25) is 5.41 Å². The number of ether oxygens (including phenoxy) is 2. The topological polar surface area (TPSA) is 111 Å². The van der Waals surface area contributed by atoms with Gasteiger partial charge >= 0.3 is 5.97 Å². The van der Waals surface area contributed by atoms with Crippen LogP contribution in [0.5, 0.6) is 5.75 Å². The molecular formula is C24H29Cl2N3O4. The Hall–Kier alpha value is -2.74. The average molecular weight is 494 g/mol. The molecule has 7 nitrogen and oxygen atoms in total. The maximum absolute atomic E-state index is 12.6. The van der Waals surface area contributed by atoms with Crippen LogP contribution >= 0.6 is 24.8 Å². The molecule has 0 unspecified atom stereocenters. The predicted octanol–water partition coefficient (Wildman–Crippen LogP) is 4.26. The summed E-state index contributed by atoms with van der Waals surface area (Å²) in [5.41, 5.74) is 8.41. The smallest absolute Gasteiger partial charge is 0.338 e. The summed E-state index contributed by atoms with van der Waals surface area (Å²) in [6.45, 7) is 3.87. The lowest BCUT2D eigenvalue weighted by molar-refractivity contribution is 0.0524. The van der Waals surface area contributed by atoms with Gasteiger partial charge in [0, 0.05) is 23.9 Å². The van der Waals surface area contributed by atoms with E-state index in [1.165, 1.54) is 0 Å². The molecule has 4 rings (SSSR count). The maximum Gasteiger partial charge on any atom is 0.338 e. The van der Waals surface area contributed by atoms with Gasteiger partial charge < -0.3 is 24.9 Å². The van der Waals surface area contributed by atoms with E-state index in [9.17, 15) is 4.79 Å². The van der Waals surface area contributed by atoms with Crippen LogP contribution in [0.3, 0.4) is 0 Å². The van der Waals surface area contributed by atoms with Crippen molar-refractivity contribution in [3.8, 4) is 5.75 Å². The number of nitrogens with one attached hydrogen (secondary N) is 2. The minimum Gasteiger partial charge on any atom is -0.489 e. The van der Waals surface area contributed by atoms with E-state index in [0.717, 1.165) is 41.8 Å². The first kappa shape index (κ1) is 26.5. The van der Waals surface area contributed by atoms with Crippen LogP contribution in [0.4, 0.5) is 0 Å². The molecule has 3 aromatic rings. The number of furan rings is 1. The average Bonchev–Trinajstić information content (AvgIpc) is 3.41. The van der Waals surface area contributed by atoms with E-state index in [1.54, 1.807) is 19.1 Å². The third kappa shape index (κ3) is 6.41. The maximum atomic E-state index is 12.6. The molecule has 1 saturated heterocycles. The van der Waals surface area contributed by atoms with Gasteiger partial charge in [-0.2, -0.15) is 0 Å². The number of rotatable bonds is 8. The van der Waals surface area contributed by atoms with Crippen LogP contribution in [0.2, 0.25) is 0 Å². The van der Waals surface area contributed by atoms with Gasteiger partial charge in [0.2, 0.25) is 0 Å². The first-order valence-electron chi connectivity index (χ1n) is 10.6. The van der Waals surface area contributed by atoms with Crippen molar-refractivity contribution < 1.29 is 18.7 Å². The van der Waals surface area contributed by atoms with Crippen molar-refractivity contribution in [1.82, 2.24) is 5.32 Å². The minimum absolute atomic E-state index is 0. The van der Waals surface area contributed by atoms with Gasteiger partial charge in [0.05, 0.1) is 12.2 Å². The zero-order chi connectivity index (χ0) is 21.8. The Bertz CT molecular complexity index is 1110. The molecule has 1 fully saturated rings. The van der Waals surface area contributed by atoms with E-state index in [0.29, 0.717) is 36.3 Å². The van der Waals surface area contributed by atoms with E-state index >= 15 is 0 Å². The van der Waals surface area contributed by atoms with Crippen LogP contribution in [-0.4, -0.2) is 37.6 Å². The minimum atomic E-state index is -0.344. The number of hydrogen-bond donors (Lipinski definition) is 3. The number of carbonyl (C=O) groups is 1. The fourth-order valence-corrected chi connectivity index (χ4v) is 3.81. The van der Waals surface area contributed by atoms with Crippen molar-refractivity contribution in [2.75, 3.05) is 19.7 Å². The Labute approximate surface area is 205 Å². The second-order valence-electron chi connectivity index (χ2n) is 7.65. The summed E-state index contributed by atoms with van der Waals surface area (Å²) in [5, 5.41) is 11.8. The van der Waals surface area contributed by atoms with Crippen molar-refractivity contribution in [3.05, 3.63) is 64.9 Å². The largest absolute Gasteiger partial charge is 0.489 e. The number of aryl methyl sites for hydroxylation is 2. The van der Waals surface area contributed by atoms with E-state index in [-0.39, 0.29) is 42.7 Å². The number of carbonyl (C=O) groups excluding carboxylic acids is 1. The summed E-state index contributed by atoms with van der Waals surface area (Å²) in [7, 11) is 0. The van der Waals surface area contributed by atoms with Crippen molar-refractivity contribution in [1.29, 1.82) is 5.41 Å². The second-order valence-corrected chi connectivity index (χ2v) is 7.65. The number of nitrogen functional groups attached to an aromatic ring is 1. The molecule has 2 aromatic carbocycles. The lowest BCUT2D eigenvalue weighted by Crippen LogP contribution is -2.20. The molecule has 178 valence electrons. The molecule has 1 aliphatic rings.